The molecule has 51 heavy (non-hydrogen) atoms. The van der Waals surface area contributed by atoms with Crippen molar-refractivity contribution in [2.24, 2.45) is 20.5 Å². The topological polar surface area (TPSA) is 250 Å². The largest absolute Gasteiger partial charge is 1.00 e. The Morgan fingerprint density at radius 1 is 0.451 bits per heavy atom. The Morgan fingerprint density at radius 3 is 1.16 bits per heavy atom. The number of benzene rings is 6. The van der Waals surface area contributed by atoms with Crippen LogP contribution in [0.3, 0.4) is 0 Å². The molecule has 14 nitrogen and oxygen atoms in total. The summed E-state index contributed by atoms with van der Waals surface area (Å²) >= 11 is 0. The zero-order chi connectivity index (χ0) is 35.1. The van der Waals surface area contributed by atoms with Gasteiger partial charge in [-0.2, -0.15) is 10.2 Å². The van der Waals surface area contributed by atoms with Crippen molar-refractivity contribution in [1.29, 1.82) is 0 Å². The number of hydrogen-bond donors (Lipinski definition) is 2. The first kappa shape index (κ1) is 40.2. The third kappa shape index (κ3) is 8.40. The van der Waals surface area contributed by atoms with Crippen LogP contribution in [0.4, 0.5) is 34.1 Å². The van der Waals surface area contributed by atoms with Crippen LogP contribution in [0.2, 0.25) is 0 Å². The molecule has 0 spiro atoms. The molecule has 0 aliphatic heterocycles. The number of hydrogen-bond acceptors (Lipinski definition) is 14. The zero-order valence-electron chi connectivity index (χ0n) is 26.8. The maximum Gasteiger partial charge on any atom is 1.00 e. The number of nitrogens with zero attached hydrogens (tertiary/aromatic N) is 4. The molecule has 6 aromatic rings. The molecule has 0 amide bonds. The Hall–Kier alpha value is -3.59. The van der Waals surface area contributed by atoms with E-state index in [2.05, 4.69) is 20.5 Å². The fraction of sp³-hybridized carbons (Fsp3) is 0. The van der Waals surface area contributed by atoms with Gasteiger partial charge in [0.2, 0.25) is 9.84 Å². The van der Waals surface area contributed by atoms with Crippen molar-refractivity contribution in [3.63, 3.8) is 0 Å². The molecule has 0 unspecified atom stereocenters. The van der Waals surface area contributed by atoms with E-state index in [4.69, 9.17) is 11.5 Å². The monoisotopic (exact) mass is 760 g/mol. The summed E-state index contributed by atoms with van der Waals surface area (Å²) in [5, 5.41) is 16.9. The molecule has 0 aliphatic rings. The van der Waals surface area contributed by atoms with Crippen molar-refractivity contribution in [1.82, 2.24) is 0 Å². The van der Waals surface area contributed by atoms with E-state index in [1.54, 1.807) is 24.3 Å². The Balaban J connectivity index is 0.00000292. The molecule has 0 saturated heterocycles. The van der Waals surface area contributed by atoms with Crippen LogP contribution in [0.25, 0.3) is 21.5 Å². The molecule has 0 aliphatic carbocycles. The van der Waals surface area contributed by atoms with Crippen molar-refractivity contribution in [2.75, 3.05) is 11.5 Å². The first-order chi connectivity index (χ1) is 23.1. The Morgan fingerprint density at radius 2 is 0.804 bits per heavy atom. The standard InChI is InChI=1S/C32H24N6O8S3.2Na/c33-31-25-13-3-1-11-23(25)29(48(41,42)43)17-27(31)37-35-19-7-5-9-21(15-19)47(39,40)22-10-6-8-20(16-22)36-38-28-18-30(49(44,45)46)24-12-2-4-14-26(24)32(28)34;;/h1-18H,33-34H2,(H,41,42,43)(H,44,45,46);;/q;2*+1/p-2. The van der Waals surface area contributed by atoms with Gasteiger partial charge in [-0.1, -0.05) is 60.7 Å². The van der Waals surface area contributed by atoms with E-state index < -0.39 is 39.9 Å². The Labute approximate surface area is 336 Å². The fourth-order valence-electron chi connectivity index (χ4n) is 5.07. The average Bonchev–Trinajstić information content (AvgIpc) is 3.07. The van der Waals surface area contributed by atoms with Gasteiger partial charge in [0.05, 0.1) is 42.3 Å². The molecule has 248 valence electrons. The van der Waals surface area contributed by atoms with Gasteiger partial charge in [0.1, 0.15) is 31.6 Å². The van der Waals surface area contributed by atoms with Crippen molar-refractivity contribution in [3.05, 3.63) is 109 Å². The molecule has 0 saturated carbocycles. The van der Waals surface area contributed by atoms with Crippen LogP contribution in [0.15, 0.2) is 149 Å². The number of nitrogen functional groups attached to an aromatic ring is 2. The van der Waals surface area contributed by atoms with E-state index in [0.717, 1.165) is 12.1 Å². The summed E-state index contributed by atoms with van der Waals surface area (Å²) in [7, 11) is -14.0. The SMILES string of the molecule is Nc1c(N=Nc2cccc(S(=O)(=O)c3cccc(N=Nc4cc(S(=O)(=O)[O-])c5ccccc5c4N)c3)c2)cc(S(=O)(=O)[O-])c2ccccc12.[Na+].[Na+]. The van der Waals surface area contributed by atoms with E-state index in [1.807, 2.05) is 0 Å². The summed E-state index contributed by atoms with van der Waals surface area (Å²) in [6.07, 6.45) is 0. The van der Waals surface area contributed by atoms with Gasteiger partial charge in [-0.3, -0.25) is 0 Å². The van der Waals surface area contributed by atoms with Gasteiger partial charge in [-0.15, -0.1) is 10.2 Å². The van der Waals surface area contributed by atoms with Crippen molar-refractivity contribution >= 4 is 85.7 Å². The zero-order valence-corrected chi connectivity index (χ0v) is 33.3. The molecule has 0 radical (unpaired) electrons. The predicted molar refractivity (Wildman–Crippen MR) is 179 cm³/mol. The van der Waals surface area contributed by atoms with E-state index in [1.165, 1.54) is 72.8 Å². The number of fused-ring (bicyclic) bond motifs is 2. The van der Waals surface area contributed by atoms with E-state index >= 15 is 0 Å². The Kier molecular flexibility index (Phi) is 12.3. The summed E-state index contributed by atoms with van der Waals surface area (Å²) < 4.78 is 98.8. The third-order valence-electron chi connectivity index (χ3n) is 7.39. The van der Waals surface area contributed by atoms with Crippen LogP contribution in [-0.2, 0) is 30.1 Å². The fourth-order valence-corrected chi connectivity index (χ4v) is 7.81. The molecule has 0 heterocycles. The average molecular weight is 761 g/mol. The summed E-state index contributed by atoms with van der Waals surface area (Å²) in [5.41, 5.74) is 12.5. The molecule has 0 bridgehead atoms. The number of azo groups is 2. The van der Waals surface area contributed by atoms with Crippen LogP contribution < -0.4 is 70.6 Å². The summed E-state index contributed by atoms with van der Waals surface area (Å²) in [6.45, 7) is 0. The first-order valence-electron chi connectivity index (χ1n) is 14.0. The second-order valence-corrected chi connectivity index (χ2v) is 15.2. The van der Waals surface area contributed by atoms with Gasteiger partial charge in [0, 0.05) is 21.5 Å². The maximum atomic E-state index is 13.6. The minimum absolute atomic E-state index is 0. The van der Waals surface area contributed by atoms with Gasteiger partial charge in [0.25, 0.3) is 0 Å². The summed E-state index contributed by atoms with van der Waals surface area (Å²) in [6, 6.07) is 25.2. The van der Waals surface area contributed by atoms with Gasteiger partial charge < -0.3 is 20.6 Å². The van der Waals surface area contributed by atoms with Crippen molar-refractivity contribution in [2.45, 2.75) is 19.6 Å². The number of anilines is 2. The second-order valence-electron chi connectivity index (χ2n) is 10.5. The normalized spacial score (nSPS) is 12.3. The van der Waals surface area contributed by atoms with Gasteiger partial charge in [0.15, 0.2) is 0 Å². The van der Waals surface area contributed by atoms with Crippen LogP contribution in [0, 0.1) is 0 Å². The molecular weight excluding hydrogens is 739 g/mol. The number of nitrogens with two attached hydrogens (primary N) is 2. The van der Waals surface area contributed by atoms with E-state index in [0.29, 0.717) is 0 Å². The molecular formula is C32H22N6Na2O8S3. The molecule has 6 aromatic carbocycles. The summed E-state index contributed by atoms with van der Waals surface area (Å²) in [4.78, 5) is -1.40. The predicted octanol–water partition coefficient (Wildman–Crippen LogP) is 0.637. The van der Waals surface area contributed by atoms with Crippen LogP contribution in [0.1, 0.15) is 0 Å². The molecule has 0 fully saturated rings. The molecule has 4 N–H and O–H groups in total. The molecule has 0 aromatic heterocycles. The number of sulfone groups is 1. The maximum absolute atomic E-state index is 13.6. The molecule has 19 heteroatoms. The van der Waals surface area contributed by atoms with Crippen molar-refractivity contribution in [3.8, 4) is 0 Å². The second kappa shape index (κ2) is 15.6. The van der Waals surface area contributed by atoms with Crippen molar-refractivity contribution < 1.29 is 93.5 Å². The van der Waals surface area contributed by atoms with Crippen LogP contribution >= 0.6 is 0 Å². The van der Waals surface area contributed by atoms with Crippen LogP contribution in [0.5, 0.6) is 0 Å². The van der Waals surface area contributed by atoms with E-state index in [9.17, 15) is 34.4 Å². The summed E-state index contributed by atoms with van der Waals surface area (Å²) in [5.74, 6) is 0. The Bertz CT molecular complexity index is 2550. The minimum atomic E-state index is -4.89. The minimum Gasteiger partial charge on any atom is -0.744 e. The third-order valence-corrected chi connectivity index (χ3v) is 10.9. The van der Waals surface area contributed by atoms with Gasteiger partial charge in [-0.05, 0) is 48.5 Å². The smallest absolute Gasteiger partial charge is 0.744 e. The van der Waals surface area contributed by atoms with Crippen LogP contribution in [-0.4, -0.2) is 34.4 Å². The quantitative estimate of drug-likeness (QED) is 0.0948. The molecule has 0 atom stereocenters. The first-order valence-corrected chi connectivity index (χ1v) is 18.3. The van der Waals surface area contributed by atoms with Gasteiger partial charge >= 0.3 is 59.1 Å². The molecule has 6 rings (SSSR count). The van der Waals surface area contributed by atoms with E-state index in [-0.39, 0.29) is 125 Å². The van der Waals surface area contributed by atoms with Gasteiger partial charge in [-0.25, -0.2) is 25.3 Å². The number of rotatable bonds is 8.